The van der Waals surface area contributed by atoms with Crippen LogP contribution < -0.4 is 10.1 Å². The zero-order valence-corrected chi connectivity index (χ0v) is 14.6. The number of anilines is 1. The fourth-order valence-electron chi connectivity index (χ4n) is 2.21. The summed E-state index contributed by atoms with van der Waals surface area (Å²) < 4.78 is 36.9. The van der Waals surface area contributed by atoms with E-state index in [-0.39, 0.29) is 12.3 Å². The lowest BCUT2D eigenvalue weighted by molar-refractivity contribution is -0.155. The van der Waals surface area contributed by atoms with E-state index in [4.69, 9.17) is 9.47 Å². The van der Waals surface area contributed by atoms with Crippen LogP contribution in [0.25, 0.3) is 0 Å². The van der Waals surface area contributed by atoms with Gasteiger partial charge in [-0.05, 0) is 44.5 Å². The second-order valence-corrected chi connectivity index (χ2v) is 5.80. The Bertz CT molecular complexity index is 823. The molecule has 0 saturated carbocycles. The van der Waals surface area contributed by atoms with Gasteiger partial charge in [0.05, 0.1) is 5.69 Å². The zero-order chi connectivity index (χ0) is 19.3. The molecule has 0 aliphatic heterocycles. The van der Waals surface area contributed by atoms with Gasteiger partial charge in [-0.3, -0.25) is 4.79 Å². The standard InChI is InChI=1S/C19H19F2NO4/c1-11-4-7-17(12(2)8-11)25-10-18(23)26-13(3)19(24)22-16-9-14(20)5-6-15(16)21/h4-9,13H,10H2,1-3H3,(H,22,24)/t13-/m1/s1. The molecule has 0 aromatic heterocycles. The first-order valence-electron chi connectivity index (χ1n) is 7.91. The van der Waals surface area contributed by atoms with Crippen molar-refractivity contribution in [1.82, 2.24) is 0 Å². The number of halogens is 2. The van der Waals surface area contributed by atoms with Gasteiger partial charge in [0.2, 0.25) is 0 Å². The number of hydrogen-bond acceptors (Lipinski definition) is 4. The Labute approximate surface area is 149 Å². The molecule has 2 aromatic carbocycles. The molecule has 0 aliphatic carbocycles. The molecule has 7 heteroatoms. The van der Waals surface area contributed by atoms with Gasteiger partial charge in [0.1, 0.15) is 17.4 Å². The van der Waals surface area contributed by atoms with Crippen LogP contribution in [0.3, 0.4) is 0 Å². The van der Waals surface area contributed by atoms with Crippen molar-refractivity contribution in [3.63, 3.8) is 0 Å². The van der Waals surface area contributed by atoms with Crippen LogP contribution in [0.15, 0.2) is 36.4 Å². The molecule has 1 atom stereocenters. The summed E-state index contributed by atoms with van der Waals surface area (Å²) in [5.74, 6) is -2.50. The Morgan fingerprint density at radius 1 is 1.12 bits per heavy atom. The third kappa shape index (κ3) is 5.27. The number of carbonyl (C=O) groups excluding carboxylic acids is 2. The minimum atomic E-state index is -1.20. The van der Waals surface area contributed by atoms with E-state index in [2.05, 4.69) is 5.32 Å². The number of aryl methyl sites for hydroxylation is 2. The van der Waals surface area contributed by atoms with Gasteiger partial charge in [-0.15, -0.1) is 0 Å². The molecule has 0 unspecified atom stereocenters. The lowest BCUT2D eigenvalue weighted by Crippen LogP contribution is -2.32. The quantitative estimate of drug-likeness (QED) is 0.798. The summed E-state index contributed by atoms with van der Waals surface area (Å²) in [5, 5.41) is 2.17. The van der Waals surface area contributed by atoms with E-state index in [0.717, 1.165) is 29.3 Å². The van der Waals surface area contributed by atoms with Crippen molar-refractivity contribution in [2.24, 2.45) is 0 Å². The first-order valence-corrected chi connectivity index (χ1v) is 7.91. The maximum atomic E-state index is 13.5. The first-order chi connectivity index (χ1) is 12.3. The van der Waals surface area contributed by atoms with Gasteiger partial charge in [0.25, 0.3) is 5.91 Å². The molecule has 0 aliphatic rings. The van der Waals surface area contributed by atoms with E-state index in [0.29, 0.717) is 5.75 Å². The van der Waals surface area contributed by atoms with Crippen LogP contribution in [0.2, 0.25) is 0 Å². The Morgan fingerprint density at radius 3 is 2.54 bits per heavy atom. The van der Waals surface area contributed by atoms with E-state index < -0.39 is 29.6 Å². The average molecular weight is 363 g/mol. The monoisotopic (exact) mass is 363 g/mol. The van der Waals surface area contributed by atoms with Crippen molar-refractivity contribution in [1.29, 1.82) is 0 Å². The first kappa shape index (κ1) is 19.4. The van der Waals surface area contributed by atoms with Crippen molar-refractivity contribution < 1.29 is 27.8 Å². The summed E-state index contributed by atoms with van der Waals surface area (Å²) in [6, 6.07) is 8.14. The van der Waals surface area contributed by atoms with E-state index in [1.54, 1.807) is 6.07 Å². The summed E-state index contributed by atoms with van der Waals surface area (Å²) in [6.45, 7) is 4.72. The lowest BCUT2D eigenvalue weighted by atomic mass is 10.1. The number of ether oxygens (including phenoxy) is 2. The number of nitrogens with one attached hydrogen (secondary N) is 1. The van der Waals surface area contributed by atoms with E-state index in [1.165, 1.54) is 6.92 Å². The topological polar surface area (TPSA) is 64.6 Å². The smallest absolute Gasteiger partial charge is 0.344 e. The van der Waals surface area contributed by atoms with E-state index in [1.807, 2.05) is 26.0 Å². The maximum absolute atomic E-state index is 13.5. The molecule has 0 heterocycles. The molecule has 1 N–H and O–H groups in total. The Kier molecular flexibility index (Phi) is 6.27. The van der Waals surface area contributed by atoms with Crippen molar-refractivity contribution in [3.8, 4) is 5.75 Å². The molecule has 1 amide bonds. The molecule has 26 heavy (non-hydrogen) atoms. The number of rotatable bonds is 6. The highest BCUT2D eigenvalue weighted by molar-refractivity contribution is 5.95. The molecule has 2 aromatic rings. The predicted molar refractivity (Wildman–Crippen MR) is 92.0 cm³/mol. The van der Waals surface area contributed by atoms with Gasteiger partial charge in [0.15, 0.2) is 12.7 Å². The molecular formula is C19H19F2NO4. The maximum Gasteiger partial charge on any atom is 0.344 e. The number of benzene rings is 2. The number of carbonyl (C=O) groups is 2. The lowest BCUT2D eigenvalue weighted by Gasteiger charge is -2.15. The molecule has 0 fully saturated rings. The summed E-state index contributed by atoms with van der Waals surface area (Å²) in [6.07, 6.45) is -1.20. The second-order valence-electron chi connectivity index (χ2n) is 5.80. The Balaban J connectivity index is 1.87. The third-order valence-electron chi connectivity index (χ3n) is 3.54. The fourth-order valence-corrected chi connectivity index (χ4v) is 2.21. The van der Waals surface area contributed by atoms with Crippen molar-refractivity contribution in [3.05, 3.63) is 59.2 Å². The number of esters is 1. The molecule has 0 spiro atoms. The highest BCUT2D eigenvalue weighted by Gasteiger charge is 2.20. The van der Waals surface area contributed by atoms with Gasteiger partial charge in [-0.25, -0.2) is 13.6 Å². The fraction of sp³-hybridized carbons (Fsp3) is 0.263. The normalized spacial score (nSPS) is 11.6. The highest BCUT2D eigenvalue weighted by atomic mass is 19.1. The highest BCUT2D eigenvalue weighted by Crippen LogP contribution is 2.19. The number of amides is 1. The molecule has 0 saturated heterocycles. The van der Waals surface area contributed by atoms with Gasteiger partial charge in [0, 0.05) is 6.07 Å². The summed E-state index contributed by atoms with van der Waals surface area (Å²) in [4.78, 5) is 23.8. The minimum absolute atomic E-state index is 0.329. The summed E-state index contributed by atoms with van der Waals surface area (Å²) >= 11 is 0. The van der Waals surface area contributed by atoms with Crippen LogP contribution in [0.1, 0.15) is 18.1 Å². The number of hydrogen-bond donors (Lipinski definition) is 1. The molecular weight excluding hydrogens is 344 g/mol. The van der Waals surface area contributed by atoms with Crippen molar-refractivity contribution >= 4 is 17.6 Å². The van der Waals surface area contributed by atoms with Gasteiger partial charge < -0.3 is 14.8 Å². The van der Waals surface area contributed by atoms with Crippen LogP contribution in [-0.2, 0) is 14.3 Å². The van der Waals surface area contributed by atoms with E-state index in [9.17, 15) is 18.4 Å². The molecule has 5 nitrogen and oxygen atoms in total. The van der Waals surface area contributed by atoms with Crippen molar-refractivity contribution in [2.75, 3.05) is 11.9 Å². The Hall–Kier alpha value is -2.96. The van der Waals surface area contributed by atoms with Crippen LogP contribution in [0.5, 0.6) is 5.75 Å². The van der Waals surface area contributed by atoms with Gasteiger partial charge >= 0.3 is 5.97 Å². The van der Waals surface area contributed by atoms with Crippen LogP contribution >= 0.6 is 0 Å². The minimum Gasteiger partial charge on any atom is -0.482 e. The van der Waals surface area contributed by atoms with E-state index >= 15 is 0 Å². The van der Waals surface area contributed by atoms with Crippen LogP contribution in [0, 0.1) is 25.5 Å². The third-order valence-corrected chi connectivity index (χ3v) is 3.54. The van der Waals surface area contributed by atoms with Gasteiger partial charge in [-0.2, -0.15) is 0 Å². The van der Waals surface area contributed by atoms with Gasteiger partial charge in [-0.1, -0.05) is 17.7 Å². The summed E-state index contributed by atoms with van der Waals surface area (Å²) in [5.41, 5.74) is 1.60. The molecule has 0 bridgehead atoms. The largest absolute Gasteiger partial charge is 0.482 e. The molecule has 138 valence electrons. The van der Waals surface area contributed by atoms with Crippen LogP contribution in [0.4, 0.5) is 14.5 Å². The predicted octanol–water partition coefficient (Wildman–Crippen LogP) is 3.53. The SMILES string of the molecule is Cc1ccc(OCC(=O)O[C@H](C)C(=O)Nc2cc(F)ccc2F)c(C)c1. The zero-order valence-electron chi connectivity index (χ0n) is 14.6. The Morgan fingerprint density at radius 2 is 1.85 bits per heavy atom. The average Bonchev–Trinajstić information content (AvgIpc) is 2.57. The molecule has 2 rings (SSSR count). The van der Waals surface area contributed by atoms with Crippen molar-refractivity contribution in [2.45, 2.75) is 26.9 Å². The second kappa shape index (κ2) is 8.42. The molecule has 0 radical (unpaired) electrons. The van der Waals surface area contributed by atoms with Crippen LogP contribution in [-0.4, -0.2) is 24.6 Å². The summed E-state index contributed by atoms with van der Waals surface area (Å²) in [7, 11) is 0.